The lowest BCUT2D eigenvalue weighted by molar-refractivity contribution is 1.33. The maximum Gasteiger partial charge on any atom is 0.0251 e. The first-order valence-electron chi connectivity index (χ1n) is 5.85. The van der Waals surface area contributed by atoms with E-state index in [4.69, 9.17) is 6.42 Å². The fourth-order valence-corrected chi connectivity index (χ4v) is 1.61. The average molecular weight is 230 g/mol. The van der Waals surface area contributed by atoms with Crippen molar-refractivity contribution in [2.24, 2.45) is 0 Å². The molecule has 0 aromatic heterocycles. The van der Waals surface area contributed by atoms with Crippen LogP contribution in [0.2, 0.25) is 0 Å². The van der Waals surface area contributed by atoms with E-state index in [0.717, 1.165) is 16.7 Å². The predicted molar refractivity (Wildman–Crippen MR) is 76.3 cm³/mol. The molecular formula is C18H14. The van der Waals surface area contributed by atoms with Crippen LogP contribution in [0.5, 0.6) is 0 Å². The standard InChI is InChI=1S/C18H14/c1-4-16-7-9-17(10-8-16)11-12-18-6-5-14(2)15(3)13-18/h1,5-10,13H,2-3H3. The summed E-state index contributed by atoms with van der Waals surface area (Å²) < 4.78 is 0. The van der Waals surface area contributed by atoms with Gasteiger partial charge in [-0.1, -0.05) is 23.8 Å². The van der Waals surface area contributed by atoms with E-state index in [1.54, 1.807) is 0 Å². The van der Waals surface area contributed by atoms with Crippen LogP contribution in [0.25, 0.3) is 0 Å². The van der Waals surface area contributed by atoms with E-state index < -0.39 is 0 Å². The van der Waals surface area contributed by atoms with Crippen LogP contribution >= 0.6 is 0 Å². The Kier molecular flexibility index (Phi) is 3.52. The van der Waals surface area contributed by atoms with Crippen molar-refractivity contribution >= 4 is 0 Å². The van der Waals surface area contributed by atoms with E-state index in [1.807, 2.05) is 30.3 Å². The first-order valence-corrected chi connectivity index (χ1v) is 5.85. The van der Waals surface area contributed by atoms with Crippen LogP contribution in [0.15, 0.2) is 42.5 Å². The highest BCUT2D eigenvalue weighted by atomic mass is 14.0. The largest absolute Gasteiger partial charge is 0.115 e. The van der Waals surface area contributed by atoms with E-state index in [2.05, 4.69) is 43.7 Å². The van der Waals surface area contributed by atoms with Gasteiger partial charge >= 0.3 is 0 Å². The second-order valence-corrected chi connectivity index (χ2v) is 4.27. The van der Waals surface area contributed by atoms with Crippen LogP contribution < -0.4 is 0 Å². The van der Waals surface area contributed by atoms with Crippen LogP contribution in [-0.4, -0.2) is 0 Å². The van der Waals surface area contributed by atoms with Crippen LogP contribution in [0.3, 0.4) is 0 Å². The SMILES string of the molecule is C#Cc1ccc(C#Cc2ccc(C)c(C)c2)cc1. The Morgan fingerprint density at radius 2 is 1.28 bits per heavy atom. The van der Waals surface area contributed by atoms with E-state index in [-0.39, 0.29) is 0 Å². The number of hydrogen-bond acceptors (Lipinski definition) is 0. The molecule has 2 aromatic carbocycles. The fraction of sp³-hybridized carbons (Fsp3) is 0.111. The summed E-state index contributed by atoms with van der Waals surface area (Å²) in [6.07, 6.45) is 5.31. The molecule has 0 unspecified atom stereocenters. The van der Waals surface area contributed by atoms with Crippen molar-refractivity contribution in [3.8, 4) is 24.2 Å². The number of terminal acetylenes is 1. The minimum absolute atomic E-state index is 0.881. The van der Waals surface area contributed by atoms with Gasteiger partial charge in [0.1, 0.15) is 0 Å². The van der Waals surface area contributed by atoms with E-state index in [9.17, 15) is 0 Å². The molecule has 86 valence electrons. The van der Waals surface area contributed by atoms with Crippen molar-refractivity contribution in [3.05, 3.63) is 70.3 Å². The number of aryl methyl sites for hydroxylation is 2. The van der Waals surface area contributed by atoms with Gasteiger partial charge in [-0.3, -0.25) is 0 Å². The molecule has 0 spiro atoms. The smallest absolute Gasteiger partial charge is 0.0251 e. The Balaban J connectivity index is 2.25. The maximum absolute atomic E-state index is 5.31. The molecule has 0 nitrogen and oxygen atoms in total. The van der Waals surface area contributed by atoms with Gasteiger partial charge in [0, 0.05) is 16.7 Å². The summed E-state index contributed by atoms with van der Waals surface area (Å²) in [7, 11) is 0. The normalized spacial score (nSPS) is 9.17. The van der Waals surface area contributed by atoms with Gasteiger partial charge in [-0.25, -0.2) is 0 Å². The zero-order chi connectivity index (χ0) is 13.0. The minimum Gasteiger partial charge on any atom is -0.115 e. The molecule has 0 atom stereocenters. The van der Waals surface area contributed by atoms with Crippen LogP contribution in [-0.2, 0) is 0 Å². The maximum atomic E-state index is 5.31. The van der Waals surface area contributed by atoms with Gasteiger partial charge in [0.2, 0.25) is 0 Å². The second-order valence-electron chi connectivity index (χ2n) is 4.27. The van der Waals surface area contributed by atoms with Crippen LogP contribution in [0.4, 0.5) is 0 Å². The van der Waals surface area contributed by atoms with E-state index >= 15 is 0 Å². The average Bonchev–Trinajstić information content (AvgIpc) is 2.41. The zero-order valence-corrected chi connectivity index (χ0v) is 10.6. The summed E-state index contributed by atoms with van der Waals surface area (Å²) >= 11 is 0. The van der Waals surface area contributed by atoms with Crippen molar-refractivity contribution in [1.82, 2.24) is 0 Å². The van der Waals surface area contributed by atoms with Crippen molar-refractivity contribution < 1.29 is 0 Å². The molecule has 0 bridgehead atoms. The third-order valence-electron chi connectivity index (χ3n) is 2.91. The Morgan fingerprint density at radius 3 is 1.89 bits per heavy atom. The highest BCUT2D eigenvalue weighted by Gasteiger charge is 1.93. The molecule has 0 N–H and O–H groups in total. The monoisotopic (exact) mass is 230 g/mol. The number of hydrogen-bond donors (Lipinski definition) is 0. The number of rotatable bonds is 0. The molecule has 0 heterocycles. The Hall–Kier alpha value is -2.44. The molecule has 2 aromatic rings. The minimum atomic E-state index is 0.881. The molecular weight excluding hydrogens is 216 g/mol. The van der Waals surface area contributed by atoms with Crippen molar-refractivity contribution in [2.45, 2.75) is 13.8 Å². The molecule has 0 aliphatic carbocycles. The van der Waals surface area contributed by atoms with Gasteiger partial charge < -0.3 is 0 Å². The zero-order valence-electron chi connectivity index (χ0n) is 10.6. The Bertz CT molecular complexity index is 656. The molecule has 0 amide bonds. The van der Waals surface area contributed by atoms with Gasteiger partial charge in [0.25, 0.3) is 0 Å². The summed E-state index contributed by atoms with van der Waals surface area (Å²) in [6, 6.07) is 14.0. The van der Waals surface area contributed by atoms with Crippen molar-refractivity contribution in [3.63, 3.8) is 0 Å². The van der Waals surface area contributed by atoms with E-state index in [1.165, 1.54) is 11.1 Å². The molecule has 0 aliphatic rings. The molecule has 2 rings (SSSR count). The molecule has 0 saturated carbocycles. The molecule has 0 heteroatoms. The third-order valence-corrected chi connectivity index (χ3v) is 2.91. The van der Waals surface area contributed by atoms with Gasteiger partial charge in [-0.05, 0) is 61.4 Å². The lowest BCUT2D eigenvalue weighted by atomic mass is 10.1. The van der Waals surface area contributed by atoms with Crippen LogP contribution in [0.1, 0.15) is 27.8 Å². The van der Waals surface area contributed by atoms with Crippen molar-refractivity contribution in [1.29, 1.82) is 0 Å². The van der Waals surface area contributed by atoms with Gasteiger partial charge in [-0.15, -0.1) is 6.42 Å². The quantitative estimate of drug-likeness (QED) is 0.606. The van der Waals surface area contributed by atoms with E-state index in [0.29, 0.717) is 0 Å². The number of benzene rings is 2. The third kappa shape index (κ3) is 2.82. The summed E-state index contributed by atoms with van der Waals surface area (Å²) in [6.45, 7) is 4.20. The Labute approximate surface area is 109 Å². The topological polar surface area (TPSA) is 0 Å². The predicted octanol–water partition coefficient (Wildman–Crippen LogP) is 3.68. The first-order chi connectivity index (χ1) is 8.69. The Morgan fingerprint density at radius 1 is 0.722 bits per heavy atom. The molecule has 0 radical (unpaired) electrons. The lowest BCUT2D eigenvalue weighted by Gasteiger charge is -1.98. The van der Waals surface area contributed by atoms with Crippen LogP contribution in [0, 0.1) is 38.0 Å². The van der Waals surface area contributed by atoms with Gasteiger partial charge in [0.15, 0.2) is 0 Å². The highest BCUT2D eigenvalue weighted by Crippen LogP contribution is 2.09. The highest BCUT2D eigenvalue weighted by molar-refractivity contribution is 5.46. The summed E-state index contributed by atoms with van der Waals surface area (Å²) in [5.41, 5.74) is 5.46. The first kappa shape index (κ1) is 12.0. The van der Waals surface area contributed by atoms with Gasteiger partial charge in [0.05, 0.1) is 0 Å². The fourth-order valence-electron chi connectivity index (χ4n) is 1.61. The lowest BCUT2D eigenvalue weighted by Crippen LogP contribution is -1.82. The molecule has 0 fully saturated rings. The summed E-state index contributed by atoms with van der Waals surface area (Å²) in [5, 5.41) is 0. The molecule has 0 aliphatic heterocycles. The second kappa shape index (κ2) is 5.26. The van der Waals surface area contributed by atoms with Gasteiger partial charge in [-0.2, -0.15) is 0 Å². The van der Waals surface area contributed by atoms with Crippen molar-refractivity contribution in [2.75, 3.05) is 0 Å². The summed E-state index contributed by atoms with van der Waals surface area (Å²) in [5.74, 6) is 8.90. The molecule has 0 saturated heterocycles. The summed E-state index contributed by atoms with van der Waals surface area (Å²) in [4.78, 5) is 0. The molecule has 18 heavy (non-hydrogen) atoms.